The Labute approximate surface area is 298 Å². The second-order valence-electron chi connectivity index (χ2n) is 14.1. The number of nitrogens with zero attached hydrogens (tertiary/aromatic N) is 2. The van der Waals surface area contributed by atoms with E-state index < -0.39 is 8.24 Å². The maximum Gasteiger partial charge on any atom is 0.181 e. The van der Waals surface area contributed by atoms with Crippen LogP contribution in [-0.4, -0.2) is 31.2 Å². The van der Waals surface area contributed by atoms with Crippen LogP contribution in [0.3, 0.4) is 0 Å². The summed E-state index contributed by atoms with van der Waals surface area (Å²) >= 11 is 0. The van der Waals surface area contributed by atoms with E-state index in [9.17, 15) is 9.90 Å². The van der Waals surface area contributed by atoms with Crippen LogP contribution in [0, 0.1) is 17.9 Å². The summed E-state index contributed by atoms with van der Waals surface area (Å²) in [6.07, 6.45) is 6.86. The minimum absolute atomic E-state index is 0. The minimum Gasteiger partial charge on any atom is -0.512 e. The predicted molar refractivity (Wildman–Crippen MR) is 200 cm³/mol. The number of hydrogen-bond donors (Lipinski definition) is 1. The van der Waals surface area contributed by atoms with Gasteiger partial charge in [0, 0.05) is 61.2 Å². The van der Waals surface area contributed by atoms with Crippen LogP contribution in [0.25, 0.3) is 33.2 Å². The number of aliphatic hydroxyl groups is 1. The molecule has 1 N–H and O–H groups in total. The van der Waals surface area contributed by atoms with Gasteiger partial charge in [0.1, 0.15) is 0 Å². The zero-order chi connectivity index (χ0) is 33.8. The van der Waals surface area contributed by atoms with Crippen molar-refractivity contribution in [2.24, 2.45) is 11.8 Å². The molecule has 0 saturated heterocycles. The number of anilines is 1. The van der Waals surface area contributed by atoms with Gasteiger partial charge in [-0.25, -0.2) is 0 Å². The summed E-state index contributed by atoms with van der Waals surface area (Å²) in [5, 5.41) is 13.7. The third kappa shape index (κ3) is 7.99. The van der Waals surface area contributed by atoms with Crippen molar-refractivity contribution in [3.63, 3.8) is 0 Å². The van der Waals surface area contributed by atoms with Crippen LogP contribution in [0.4, 0.5) is 5.69 Å². The van der Waals surface area contributed by atoms with E-state index in [1.54, 1.807) is 0 Å². The maximum absolute atomic E-state index is 11.7. The maximum atomic E-state index is 11.7. The van der Waals surface area contributed by atoms with Crippen molar-refractivity contribution >= 4 is 35.7 Å². The molecule has 0 bridgehead atoms. The van der Waals surface area contributed by atoms with Gasteiger partial charge in [-0.1, -0.05) is 102 Å². The van der Waals surface area contributed by atoms with E-state index >= 15 is 0 Å². The van der Waals surface area contributed by atoms with Gasteiger partial charge in [0.15, 0.2) is 14.0 Å². The summed E-state index contributed by atoms with van der Waals surface area (Å²) in [6, 6.07) is 25.7. The molecule has 4 nitrogen and oxygen atoms in total. The summed E-state index contributed by atoms with van der Waals surface area (Å²) in [7, 11) is 0.393. The van der Waals surface area contributed by atoms with E-state index in [0.717, 1.165) is 42.3 Å². The number of allylic oxidation sites excluding steroid dienone is 2. The van der Waals surface area contributed by atoms with Gasteiger partial charge in [-0.2, -0.15) is 0 Å². The largest absolute Gasteiger partial charge is 0.512 e. The molecule has 0 saturated carbocycles. The number of aliphatic hydroxyl groups excluding tert-OH is 1. The number of rotatable bonds is 8. The van der Waals surface area contributed by atoms with Crippen molar-refractivity contribution < 1.29 is 30.0 Å². The first kappa shape index (κ1) is 38.4. The Morgan fingerprint density at radius 1 is 0.915 bits per heavy atom. The van der Waals surface area contributed by atoms with Gasteiger partial charge in [0.25, 0.3) is 0 Å². The number of pyridine rings is 1. The zero-order valence-corrected chi connectivity index (χ0v) is 33.4. The number of carbonyl (C=O) groups is 1. The number of hydrogen-bond acceptors (Lipinski definition) is 4. The Morgan fingerprint density at radius 2 is 1.51 bits per heavy atom. The summed E-state index contributed by atoms with van der Waals surface area (Å²) in [4.78, 5) is 16.6. The van der Waals surface area contributed by atoms with Crippen LogP contribution in [-0.2, 0) is 30.3 Å². The fraction of sp³-hybridized carbons (Fsp3) is 0.415. The van der Waals surface area contributed by atoms with Gasteiger partial charge in [-0.3, -0.25) is 9.78 Å². The number of carbonyl (C=O) groups excluding carboxylic acids is 1. The van der Waals surface area contributed by atoms with Gasteiger partial charge in [-0.15, -0.1) is 29.1 Å². The van der Waals surface area contributed by atoms with Crippen molar-refractivity contribution in [3.8, 4) is 22.4 Å². The topological polar surface area (TPSA) is 53.4 Å². The molecule has 47 heavy (non-hydrogen) atoms. The molecule has 5 rings (SSSR count). The monoisotopic (exact) mass is 826 g/mol. The van der Waals surface area contributed by atoms with Crippen LogP contribution in [0.2, 0.25) is 13.1 Å². The van der Waals surface area contributed by atoms with Crippen LogP contribution in [0.5, 0.6) is 0 Å². The zero-order valence-electron chi connectivity index (χ0n) is 30.0. The fourth-order valence-electron chi connectivity index (χ4n) is 6.68. The van der Waals surface area contributed by atoms with Crippen LogP contribution < -0.4 is 9.75 Å². The standard InChI is InChI=1S/C28H29N2Si.C13H24O2.Ir/c1-28(2,3)24-18-20(17-19-11-7-8-12-21(19)24)26-27-23(15-16-29-26)22-13-9-10-14-25(22)31(5,6)30(27)4;1-5-10(6-2)12(14)9-13(15)11(7-3)8-4;/h7-16,18H,1-6H3;9-11,14H,5-8H2,1-4H3;/q-1;;/b;12-9-;. The molecule has 0 aliphatic carbocycles. The van der Waals surface area contributed by atoms with Gasteiger partial charge in [0.2, 0.25) is 0 Å². The average Bonchev–Trinajstić information content (AvgIpc) is 3.04. The fourth-order valence-corrected chi connectivity index (χ4v) is 9.21. The van der Waals surface area contributed by atoms with Crippen molar-refractivity contribution in [1.29, 1.82) is 0 Å². The van der Waals surface area contributed by atoms with Crippen LogP contribution in [0.1, 0.15) is 79.7 Å². The number of benzene rings is 3. The molecule has 0 atom stereocenters. The minimum atomic E-state index is -1.85. The van der Waals surface area contributed by atoms with E-state index in [-0.39, 0.29) is 48.9 Å². The Kier molecular flexibility index (Phi) is 13.0. The Balaban J connectivity index is 0.000000322. The van der Waals surface area contributed by atoms with Crippen LogP contribution >= 0.6 is 0 Å². The van der Waals surface area contributed by atoms with E-state index in [0.29, 0.717) is 0 Å². The normalized spacial score (nSPS) is 13.9. The van der Waals surface area contributed by atoms with E-state index in [1.165, 1.54) is 39.0 Å². The van der Waals surface area contributed by atoms with Gasteiger partial charge >= 0.3 is 0 Å². The molecule has 253 valence electrons. The van der Waals surface area contributed by atoms with E-state index in [4.69, 9.17) is 4.98 Å². The third-order valence-electron chi connectivity index (χ3n) is 9.89. The summed E-state index contributed by atoms with van der Waals surface area (Å²) in [5.41, 5.74) is 7.35. The molecule has 1 radical (unpaired) electrons. The first-order valence-corrected chi connectivity index (χ1v) is 20.0. The number of aromatic nitrogens is 1. The molecule has 1 aliphatic rings. The summed E-state index contributed by atoms with van der Waals surface area (Å²) in [6.45, 7) is 19.8. The molecule has 0 fully saturated rings. The summed E-state index contributed by atoms with van der Waals surface area (Å²) in [5.74, 6) is 0.547. The van der Waals surface area contributed by atoms with Crippen LogP contribution in [0.15, 0.2) is 78.7 Å². The molecular weight excluding hydrogens is 773 g/mol. The second kappa shape index (κ2) is 15.9. The molecule has 0 spiro atoms. The molecule has 3 aromatic carbocycles. The van der Waals surface area contributed by atoms with E-state index in [2.05, 4.69) is 112 Å². The van der Waals surface area contributed by atoms with Gasteiger partial charge in [0.05, 0.1) is 5.76 Å². The van der Waals surface area contributed by atoms with Gasteiger partial charge in [-0.05, 0) is 68.1 Å². The molecule has 4 aromatic rings. The molecule has 0 amide bonds. The Morgan fingerprint density at radius 3 is 2.13 bits per heavy atom. The molecule has 2 heterocycles. The number of ketones is 1. The molecule has 1 aliphatic heterocycles. The molecular formula is C41H53IrN2O2Si-. The second-order valence-corrected chi connectivity index (χ2v) is 18.4. The van der Waals surface area contributed by atoms with Crippen molar-refractivity contribution in [3.05, 3.63) is 90.3 Å². The van der Waals surface area contributed by atoms with E-state index in [1.807, 2.05) is 33.9 Å². The molecule has 6 heteroatoms. The molecule has 1 aromatic heterocycles. The Bertz CT molecular complexity index is 1710. The predicted octanol–water partition coefficient (Wildman–Crippen LogP) is 10.4. The van der Waals surface area contributed by atoms with Crippen molar-refractivity contribution in [2.45, 2.75) is 92.7 Å². The first-order valence-electron chi connectivity index (χ1n) is 17.0. The quantitative estimate of drug-likeness (QED) is 0.0832. The SMILES string of the molecule is CCC(CC)C(=O)/C=C(\O)C(CC)CC.CN1c2c(ccnc2-c2[c-]c3ccccc3c(C(C)(C)C)c2)-c2ccccc2[Si]1(C)C.[Ir]. The smallest absolute Gasteiger partial charge is 0.181 e. The molecule has 0 unspecified atom stereocenters. The van der Waals surface area contributed by atoms with Crippen molar-refractivity contribution in [2.75, 3.05) is 11.6 Å². The number of fused-ring (bicyclic) bond motifs is 4. The summed E-state index contributed by atoms with van der Waals surface area (Å²) < 4.78 is 2.52. The van der Waals surface area contributed by atoms with Gasteiger partial charge < -0.3 is 9.67 Å². The van der Waals surface area contributed by atoms with Crippen molar-refractivity contribution in [1.82, 2.24) is 4.98 Å². The third-order valence-corrected chi connectivity index (χ3v) is 13.5. The first-order chi connectivity index (χ1) is 21.8. The Hall–Kier alpha value is -3.05. The average molecular weight is 826 g/mol.